The van der Waals surface area contributed by atoms with Gasteiger partial charge in [-0.2, -0.15) is 5.10 Å². The summed E-state index contributed by atoms with van der Waals surface area (Å²) in [4.78, 5) is 11.9. The summed E-state index contributed by atoms with van der Waals surface area (Å²) in [6.07, 6.45) is 2.13. The Morgan fingerprint density at radius 2 is 2.17 bits per heavy atom. The number of halogens is 1. The van der Waals surface area contributed by atoms with Gasteiger partial charge < -0.3 is 5.32 Å². The van der Waals surface area contributed by atoms with Gasteiger partial charge in [0.1, 0.15) is 0 Å². The maximum Gasteiger partial charge on any atom is 0.224 e. The summed E-state index contributed by atoms with van der Waals surface area (Å²) in [6, 6.07) is 0. The Kier molecular flexibility index (Phi) is 5.85. The predicted octanol–water partition coefficient (Wildman–Crippen LogP) is 2.81. The topological polar surface area (TPSA) is 46.9 Å². The second-order valence-corrected chi connectivity index (χ2v) is 5.51. The molecule has 1 aromatic heterocycles. The van der Waals surface area contributed by atoms with Crippen molar-refractivity contribution in [1.82, 2.24) is 15.1 Å². The summed E-state index contributed by atoms with van der Waals surface area (Å²) >= 11 is 3.49. The first-order chi connectivity index (χ1) is 8.47. The Balaban J connectivity index is 2.55. The number of aryl methyl sites for hydroxylation is 1. The number of nitrogens with one attached hydrogen (secondary N) is 1. The van der Waals surface area contributed by atoms with Gasteiger partial charge in [0.15, 0.2) is 0 Å². The van der Waals surface area contributed by atoms with Crippen LogP contribution in [0.2, 0.25) is 0 Å². The standard InChI is InChI=1S/C13H22BrN3O/c1-5-6-7-15-13(18)9(2)8-17-11(4)12(14)10(3)16-17/h9H,5-8H2,1-4H3,(H,15,18). The third kappa shape index (κ3) is 3.83. The van der Waals surface area contributed by atoms with Crippen molar-refractivity contribution in [2.75, 3.05) is 6.54 Å². The van der Waals surface area contributed by atoms with Gasteiger partial charge in [0, 0.05) is 12.2 Å². The van der Waals surface area contributed by atoms with E-state index in [2.05, 4.69) is 33.3 Å². The lowest BCUT2D eigenvalue weighted by atomic mass is 10.1. The molecule has 0 aromatic carbocycles. The van der Waals surface area contributed by atoms with Crippen LogP contribution in [0.4, 0.5) is 0 Å². The fraction of sp³-hybridized carbons (Fsp3) is 0.692. The molecule has 1 aromatic rings. The molecule has 1 unspecified atom stereocenters. The van der Waals surface area contributed by atoms with Gasteiger partial charge in [0.25, 0.3) is 0 Å². The zero-order valence-corrected chi connectivity index (χ0v) is 13.2. The van der Waals surface area contributed by atoms with Crippen LogP contribution in [0.25, 0.3) is 0 Å². The van der Waals surface area contributed by atoms with E-state index in [9.17, 15) is 4.79 Å². The van der Waals surface area contributed by atoms with E-state index < -0.39 is 0 Å². The zero-order chi connectivity index (χ0) is 13.7. The van der Waals surface area contributed by atoms with Crippen molar-refractivity contribution in [1.29, 1.82) is 0 Å². The average molecular weight is 316 g/mol. The minimum absolute atomic E-state index is 0.0632. The van der Waals surface area contributed by atoms with Gasteiger partial charge in [-0.15, -0.1) is 0 Å². The minimum atomic E-state index is -0.0632. The molecule has 5 heteroatoms. The molecule has 1 N–H and O–H groups in total. The summed E-state index contributed by atoms with van der Waals surface area (Å²) in [5, 5.41) is 7.37. The average Bonchev–Trinajstić information content (AvgIpc) is 2.57. The molecular formula is C13H22BrN3O. The summed E-state index contributed by atoms with van der Waals surface area (Å²) in [7, 11) is 0. The maximum absolute atomic E-state index is 11.9. The molecule has 1 rings (SSSR count). The molecule has 0 aliphatic carbocycles. The van der Waals surface area contributed by atoms with Crippen molar-refractivity contribution in [2.45, 2.75) is 47.1 Å². The molecule has 0 radical (unpaired) electrons. The fourth-order valence-electron chi connectivity index (χ4n) is 1.76. The van der Waals surface area contributed by atoms with E-state index in [-0.39, 0.29) is 11.8 Å². The highest BCUT2D eigenvalue weighted by Gasteiger charge is 2.16. The molecule has 0 aliphatic heterocycles. The van der Waals surface area contributed by atoms with Crippen LogP contribution in [0.5, 0.6) is 0 Å². The molecule has 0 saturated carbocycles. The lowest BCUT2D eigenvalue weighted by Gasteiger charge is -2.13. The number of rotatable bonds is 6. The summed E-state index contributed by atoms with van der Waals surface area (Å²) in [5.41, 5.74) is 2.03. The summed E-state index contributed by atoms with van der Waals surface area (Å²) in [5.74, 6) is 0.0406. The van der Waals surface area contributed by atoms with E-state index in [0.29, 0.717) is 6.54 Å². The summed E-state index contributed by atoms with van der Waals surface area (Å²) < 4.78 is 2.92. The number of hydrogen-bond acceptors (Lipinski definition) is 2. The number of carbonyl (C=O) groups excluding carboxylic acids is 1. The summed E-state index contributed by atoms with van der Waals surface area (Å²) in [6.45, 7) is 9.40. The van der Waals surface area contributed by atoms with Crippen molar-refractivity contribution in [3.05, 3.63) is 15.9 Å². The first-order valence-corrected chi connectivity index (χ1v) is 7.23. The van der Waals surface area contributed by atoms with Crippen LogP contribution in [0.1, 0.15) is 38.1 Å². The van der Waals surface area contributed by atoms with E-state index in [0.717, 1.165) is 35.2 Å². The molecule has 1 atom stereocenters. The van der Waals surface area contributed by atoms with E-state index in [1.54, 1.807) is 0 Å². The monoisotopic (exact) mass is 315 g/mol. The second kappa shape index (κ2) is 6.92. The fourth-order valence-corrected chi connectivity index (χ4v) is 2.04. The highest BCUT2D eigenvalue weighted by Crippen LogP contribution is 2.20. The van der Waals surface area contributed by atoms with E-state index >= 15 is 0 Å². The van der Waals surface area contributed by atoms with E-state index in [1.165, 1.54) is 0 Å². The molecule has 18 heavy (non-hydrogen) atoms. The third-order valence-corrected chi connectivity index (χ3v) is 4.16. The van der Waals surface area contributed by atoms with Crippen LogP contribution in [-0.2, 0) is 11.3 Å². The Hall–Kier alpha value is -0.840. The Bertz CT molecular complexity index is 415. The van der Waals surface area contributed by atoms with Crippen LogP contribution in [0, 0.1) is 19.8 Å². The lowest BCUT2D eigenvalue weighted by Crippen LogP contribution is -2.32. The number of nitrogens with zero attached hydrogens (tertiary/aromatic N) is 2. The lowest BCUT2D eigenvalue weighted by molar-refractivity contribution is -0.124. The van der Waals surface area contributed by atoms with E-state index in [4.69, 9.17) is 0 Å². The normalized spacial score (nSPS) is 12.5. The van der Waals surface area contributed by atoms with Gasteiger partial charge in [-0.25, -0.2) is 0 Å². The van der Waals surface area contributed by atoms with Crippen molar-refractivity contribution in [2.24, 2.45) is 5.92 Å². The molecule has 0 saturated heterocycles. The molecule has 0 spiro atoms. The van der Waals surface area contributed by atoms with Gasteiger partial charge in [0.05, 0.1) is 22.6 Å². The van der Waals surface area contributed by atoms with Crippen LogP contribution in [-0.4, -0.2) is 22.2 Å². The van der Waals surface area contributed by atoms with Gasteiger partial charge >= 0.3 is 0 Å². The number of carbonyl (C=O) groups is 1. The molecule has 4 nitrogen and oxygen atoms in total. The molecule has 0 bridgehead atoms. The maximum atomic E-state index is 11.9. The van der Waals surface area contributed by atoms with Crippen molar-refractivity contribution in [3.8, 4) is 0 Å². The van der Waals surface area contributed by atoms with Crippen LogP contribution < -0.4 is 5.32 Å². The minimum Gasteiger partial charge on any atom is -0.356 e. The molecule has 0 aliphatic rings. The number of aromatic nitrogens is 2. The van der Waals surface area contributed by atoms with Crippen molar-refractivity contribution >= 4 is 21.8 Å². The van der Waals surface area contributed by atoms with Crippen LogP contribution in [0.3, 0.4) is 0 Å². The van der Waals surface area contributed by atoms with Crippen LogP contribution in [0.15, 0.2) is 4.47 Å². The highest BCUT2D eigenvalue weighted by molar-refractivity contribution is 9.10. The smallest absolute Gasteiger partial charge is 0.224 e. The first-order valence-electron chi connectivity index (χ1n) is 6.44. The largest absolute Gasteiger partial charge is 0.356 e. The quantitative estimate of drug-likeness (QED) is 0.820. The molecular weight excluding hydrogens is 294 g/mol. The molecule has 1 amide bonds. The third-order valence-electron chi connectivity index (χ3n) is 3.02. The predicted molar refractivity (Wildman–Crippen MR) is 76.5 cm³/mol. The van der Waals surface area contributed by atoms with Gasteiger partial charge in [0.2, 0.25) is 5.91 Å². The van der Waals surface area contributed by atoms with E-state index in [1.807, 2.05) is 25.5 Å². The van der Waals surface area contributed by atoms with Crippen LogP contribution >= 0.6 is 15.9 Å². The molecule has 1 heterocycles. The number of amides is 1. The van der Waals surface area contributed by atoms with Gasteiger partial charge in [-0.1, -0.05) is 20.3 Å². The number of unbranched alkanes of at least 4 members (excludes halogenated alkanes) is 1. The van der Waals surface area contributed by atoms with Gasteiger partial charge in [-0.05, 0) is 36.2 Å². The van der Waals surface area contributed by atoms with Crippen molar-refractivity contribution in [3.63, 3.8) is 0 Å². The first kappa shape index (κ1) is 15.2. The number of hydrogen-bond donors (Lipinski definition) is 1. The molecule has 0 fully saturated rings. The molecule has 102 valence electrons. The highest BCUT2D eigenvalue weighted by atomic mass is 79.9. The zero-order valence-electron chi connectivity index (χ0n) is 11.6. The van der Waals surface area contributed by atoms with Crippen molar-refractivity contribution < 1.29 is 4.79 Å². The second-order valence-electron chi connectivity index (χ2n) is 4.71. The van der Waals surface area contributed by atoms with Gasteiger partial charge in [-0.3, -0.25) is 9.48 Å². The Morgan fingerprint density at radius 1 is 1.50 bits per heavy atom. The Labute approximate surface area is 117 Å². The Morgan fingerprint density at radius 3 is 2.67 bits per heavy atom. The SMILES string of the molecule is CCCCNC(=O)C(C)Cn1nc(C)c(Br)c1C.